The number of urea groups is 1. The van der Waals surface area contributed by atoms with Crippen LogP contribution in [0, 0.1) is 0 Å². The molecule has 8 nitrogen and oxygen atoms in total. The lowest BCUT2D eigenvalue weighted by Crippen LogP contribution is -2.48. The van der Waals surface area contributed by atoms with Crippen molar-refractivity contribution in [3.63, 3.8) is 0 Å². The molecule has 4 rings (SSSR count). The first kappa shape index (κ1) is 17.9. The summed E-state index contributed by atoms with van der Waals surface area (Å²) in [5.74, 6) is 1.85. The molecule has 2 fully saturated rings. The number of hydrogen-bond acceptors (Lipinski definition) is 6. The Morgan fingerprint density at radius 2 is 2.30 bits per heavy atom. The van der Waals surface area contributed by atoms with E-state index in [1.54, 1.807) is 12.4 Å². The summed E-state index contributed by atoms with van der Waals surface area (Å²) in [6.45, 7) is 2.39. The van der Waals surface area contributed by atoms with Gasteiger partial charge in [0.2, 0.25) is 5.89 Å². The highest BCUT2D eigenvalue weighted by molar-refractivity contribution is 5.74. The topological polar surface area (TPSA) is 93.4 Å². The standard InChI is InChI=1S/C19H25N5O3/c25-19(21-9-7-17-22-18(27-23-17)15-5-6-15)24-10-2-4-16(12-24)26-13-14-3-1-8-20-11-14/h1,3,8,11,15-16H,2,4-7,9-10,12-13H2,(H,21,25). The van der Waals surface area contributed by atoms with Crippen molar-refractivity contribution in [1.29, 1.82) is 0 Å². The molecule has 2 aromatic heterocycles. The normalized spacial score (nSPS) is 19.9. The van der Waals surface area contributed by atoms with Crippen molar-refractivity contribution in [2.75, 3.05) is 19.6 Å². The number of carbonyl (C=O) groups excluding carboxylic acids is 1. The van der Waals surface area contributed by atoms with Crippen molar-refractivity contribution in [3.05, 3.63) is 41.8 Å². The number of nitrogens with zero attached hydrogens (tertiary/aromatic N) is 4. The second kappa shape index (κ2) is 8.47. The van der Waals surface area contributed by atoms with Crippen LogP contribution in [0.2, 0.25) is 0 Å². The molecule has 8 heteroatoms. The maximum Gasteiger partial charge on any atom is 0.317 e. The van der Waals surface area contributed by atoms with Crippen molar-refractivity contribution < 1.29 is 14.1 Å². The molecule has 144 valence electrons. The number of pyridine rings is 1. The van der Waals surface area contributed by atoms with Gasteiger partial charge in [-0.3, -0.25) is 4.98 Å². The lowest BCUT2D eigenvalue weighted by molar-refractivity contribution is -0.000404. The number of aromatic nitrogens is 3. The Balaban J connectivity index is 1.18. The van der Waals surface area contributed by atoms with Crippen molar-refractivity contribution >= 4 is 6.03 Å². The van der Waals surface area contributed by atoms with E-state index >= 15 is 0 Å². The fraction of sp³-hybridized carbons (Fsp3) is 0.579. The van der Waals surface area contributed by atoms with Crippen LogP contribution in [0.1, 0.15) is 48.9 Å². The molecule has 1 aliphatic carbocycles. The Labute approximate surface area is 158 Å². The van der Waals surface area contributed by atoms with Crippen molar-refractivity contribution in [2.24, 2.45) is 0 Å². The first-order chi connectivity index (χ1) is 13.3. The monoisotopic (exact) mass is 371 g/mol. The van der Waals surface area contributed by atoms with E-state index in [0.717, 1.165) is 43.7 Å². The quantitative estimate of drug-likeness (QED) is 0.802. The minimum absolute atomic E-state index is 0.0583. The molecule has 0 radical (unpaired) electrons. The zero-order valence-electron chi connectivity index (χ0n) is 15.3. The molecule has 0 aromatic carbocycles. The number of hydrogen-bond donors (Lipinski definition) is 1. The number of piperidine rings is 1. The number of carbonyl (C=O) groups is 1. The lowest BCUT2D eigenvalue weighted by atomic mass is 10.1. The van der Waals surface area contributed by atoms with Gasteiger partial charge in [-0.2, -0.15) is 4.98 Å². The van der Waals surface area contributed by atoms with E-state index in [9.17, 15) is 4.79 Å². The van der Waals surface area contributed by atoms with Crippen LogP contribution in [-0.4, -0.2) is 51.8 Å². The van der Waals surface area contributed by atoms with Gasteiger partial charge in [0.05, 0.1) is 12.7 Å². The van der Waals surface area contributed by atoms with Crippen LogP contribution in [0.4, 0.5) is 4.79 Å². The largest absolute Gasteiger partial charge is 0.372 e. The Morgan fingerprint density at radius 1 is 1.37 bits per heavy atom. The third-order valence-electron chi connectivity index (χ3n) is 4.91. The van der Waals surface area contributed by atoms with E-state index in [4.69, 9.17) is 9.26 Å². The lowest BCUT2D eigenvalue weighted by Gasteiger charge is -2.32. The van der Waals surface area contributed by atoms with Gasteiger partial charge in [0.15, 0.2) is 5.82 Å². The van der Waals surface area contributed by atoms with E-state index in [0.29, 0.717) is 37.9 Å². The zero-order valence-corrected chi connectivity index (χ0v) is 15.3. The van der Waals surface area contributed by atoms with Crippen LogP contribution in [0.3, 0.4) is 0 Å². The predicted molar refractivity (Wildman–Crippen MR) is 97.0 cm³/mol. The van der Waals surface area contributed by atoms with E-state index in [-0.39, 0.29) is 12.1 Å². The first-order valence-electron chi connectivity index (χ1n) is 9.63. The van der Waals surface area contributed by atoms with Gasteiger partial charge in [-0.05, 0) is 37.3 Å². The Morgan fingerprint density at radius 3 is 3.11 bits per heavy atom. The molecule has 0 spiro atoms. The van der Waals surface area contributed by atoms with Gasteiger partial charge in [-0.15, -0.1) is 0 Å². The van der Waals surface area contributed by atoms with Crippen molar-refractivity contribution in [2.45, 2.75) is 50.7 Å². The predicted octanol–water partition coefficient (Wildman–Crippen LogP) is 2.28. The number of ether oxygens (including phenoxy) is 1. The molecule has 1 atom stereocenters. The minimum atomic E-state index is -0.0596. The van der Waals surface area contributed by atoms with Gasteiger partial charge in [-0.25, -0.2) is 4.79 Å². The fourth-order valence-electron chi connectivity index (χ4n) is 3.21. The second-order valence-corrected chi connectivity index (χ2v) is 7.19. The summed E-state index contributed by atoms with van der Waals surface area (Å²) < 4.78 is 11.2. The third-order valence-corrected chi connectivity index (χ3v) is 4.91. The molecule has 1 unspecified atom stereocenters. The number of amides is 2. The van der Waals surface area contributed by atoms with Gasteiger partial charge in [0, 0.05) is 44.4 Å². The van der Waals surface area contributed by atoms with Gasteiger partial charge in [0.25, 0.3) is 0 Å². The van der Waals surface area contributed by atoms with E-state index in [2.05, 4.69) is 20.4 Å². The summed E-state index contributed by atoms with van der Waals surface area (Å²) in [4.78, 5) is 22.7. The van der Waals surface area contributed by atoms with Crippen molar-refractivity contribution in [3.8, 4) is 0 Å². The summed E-state index contributed by atoms with van der Waals surface area (Å²) in [7, 11) is 0. The smallest absolute Gasteiger partial charge is 0.317 e. The van der Waals surface area contributed by atoms with Gasteiger partial charge < -0.3 is 19.5 Å². The van der Waals surface area contributed by atoms with Crippen LogP contribution in [0.25, 0.3) is 0 Å². The first-order valence-corrected chi connectivity index (χ1v) is 9.63. The van der Waals surface area contributed by atoms with Crippen LogP contribution < -0.4 is 5.32 Å². The van der Waals surface area contributed by atoms with Crippen LogP contribution in [0.5, 0.6) is 0 Å². The van der Waals surface area contributed by atoms with Crippen LogP contribution in [0.15, 0.2) is 29.0 Å². The average molecular weight is 371 g/mol. The number of nitrogens with one attached hydrogen (secondary N) is 1. The van der Waals surface area contributed by atoms with E-state index in [1.807, 2.05) is 17.0 Å². The van der Waals surface area contributed by atoms with Crippen LogP contribution in [-0.2, 0) is 17.8 Å². The summed E-state index contributed by atoms with van der Waals surface area (Å²) in [6.07, 6.45) is 8.38. The molecular formula is C19H25N5O3. The van der Waals surface area contributed by atoms with Gasteiger partial charge in [0.1, 0.15) is 0 Å². The second-order valence-electron chi connectivity index (χ2n) is 7.19. The van der Waals surface area contributed by atoms with E-state index in [1.165, 1.54) is 0 Å². The third kappa shape index (κ3) is 5.03. The molecule has 1 N–H and O–H groups in total. The Hall–Kier alpha value is -2.48. The van der Waals surface area contributed by atoms with Crippen LogP contribution >= 0.6 is 0 Å². The number of likely N-dealkylation sites (tertiary alicyclic amines) is 1. The number of rotatable bonds is 7. The highest BCUT2D eigenvalue weighted by atomic mass is 16.5. The maximum absolute atomic E-state index is 12.4. The maximum atomic E-state index is 12.4. The highest BCUT2D eigenvalue weighted by Crippen LogP contribution is 2.38. The molecule has 2 aliphatic rings. The zero-order chi connectivity index (χ0) is 18.5. The summed E-state index contributed by atoms with van der Waals surface area (Å²) in [5, 5.41) is 6.92. The van der Waals surface area contributed by atoms with E-state index < -0.39 is 0 Å². The van der Waals surface area contributed by atoms with Gasteiger partial charge >= 0.3 is 6.03 Å². The molecular weight excluding hydrogens is 346 g/mol. The molecule has 0 bridgehead atoms. The molecule has 27 heavy (non-hydrogen) atoms. The average Bonchev–Trinajstić information content (AvgIpc) is 3.46. The molecule has 3 heterocycles. The molecule has 2 amide bonds. The summed E-state index contributed by atoms with van der Waals surface area (Å²) in [6, 6.07) is 3.83. The molecule has 1 saturated heterocycles. The Bertz CT molecular complexity index is 747. The van der Waals surface area contributed by atoms with Crippen molar-refractivity contribution in [1.82, 2.24) is 25.3 Å². The molecule has 2 aromatic rings. The fourth-order valence-corrected chi connectivity index (χ4v) is 3.21. The molecule has 1 saturated carbocycles. The summed E-state index contributed by atoms with van der Waals surface area (Å²) >= 11 is 0. The summed E-state index contributed by atoms with van der Waals surface area (Å²) in [5.41, 5.74) is 1.05. The Kier molecular flexibility index (Phi) is 5.62. The van der Waals surface area contributed by atoms with Gasteiger partial charge in [-0.1, -0.05) is 11.2 Å². The minimum Gasteiger partial charge on any atom is -0.372 e. The SMILES string of the molecule is O=C(NCCc1noc(C2CC2)n1)N1CCCC(OCc2cccnc2)C1. The highest BCUT2D eigenvalue weighted by Gasteiger charge is 2.29. The molecule has 1 aliphatic heterocycles.